The first-order valence-corrected chi connectivity index (χ1v) is 8.88. The van der Waals surface area contributed by atoms with Crippen molar-refractivity contribution < 1.29 is 14.3 Å². The molecule has 1 aromatic carbocycles. The Bertz CT molecular complexity index is 782. The van der Waals surface area contributed by atoms with Gasteiger partial charge in [0.2, 0.25) is 5.91 Å². The van der Waals surface area contributed by atoms with Crippen LogP contribution in [0.3, 0.4) is 0 Å². The maximum absolute atomic E-state index is 12.9. The summed E-state index contributed by atoms with van der Waals surface area (Å²) in [5, 5.41) is 0.534. The fourth-order valence-electron chi connectivity index (χ4n) is 3.45. The van der Waals surface area contributed by atoms with Gasteiger partial charge in [0.25, 0.3) is 0 Å². The van der Waals surface area contributed by atoms with Crippen molar-refractivity contribution in [2.45, 2.75) is 25.3 Å². The first-order valence-electron chi connectivity index (χ1n) is 8.51. The average molecular weight is 359 g/mol. The molecule has 1 saturated heterocycles. The van der Waals surface area contributed by atoms with Crippen molar-refractivity contribution in [2.24, 2.45) is 0 Å². The largest absolute Gasteiger partial charge is 0.486 e. The molecule has 2 aliphatic rings. The molecule has 0 aliphatic carbocycles. The maximum atomic E-state index is 12.9. The van der Waals surface area contributed by atoms with Gasteiger partial charge in [-0.2, -0.15) is 0 Å². The molecule has 2 aromatic rings. The van der Waals surface area contributed by atoms with Crippen LogP contribution < -0.4 is 9.47 Å². The van der Waals surface area contributed by atoms with Crippen LogP contribution in [-0.2, 0) is 11.2 Å². The van der Waals surface area contributed by atoms with Crippen LogP contribution in [0.25, 0.3) is 0 Å². The van der Waals surface area contributed by atoms with E-state index in [1.807, 2.05) is 29.2 Å². The fourth-order valence-corrected chi connectivity index (χ4v) is 3.67. The summed E-state index contributed by atoms with van der Waals surface area (Å²) < 4.78 is 11.1. The van der Waals surface area contributed by atoms with Crippen molar-refractivity contribution >= 4 is 17.5 Å². The highest BCUT2D eigenvalue weighted by Gasteiger charge is 2.31. The number of fused-ring (bicyclic) bond motifs is 1. The number of aromatic nitrogens is 1. The molecule has 0 N–H and O–H groups in total. The number of hydrogen-bond donors (Lipinski definition) is 0. The Morgan fingerprint density at radius 1 is 1.24 bits per heavy atom. The average Bonchev–Trinajstić information content (AvgIpc) is 3.13. The van der Waals surface area contributed by atoms with Crippen LogP contribution in [0.1, 0.15) is 30.1 Å². The van der Waals surface area contributed by atoms with E-state index in [0.29, 0.717) is 29.7 Å². The van der Waals surface area contributed by atoms with E-state index in [2.05, 4.69) is 4.98 Å². The minimum atomic E-state index is 0.0460. The second kappa shape index (κ2) is 6.92. The van der Waals surface area contributed by atoms with Gasteiger partial charge in [-0.3, -0.25) is 9.78 Å². The van der Waals surface area contributed by atoms with E-state index in [4.69, 9.17) is 21.1 Å². The van der Waals surface area contributed by atoms with Crippen molar-refractivity contribution in [1.29, 1.82) is 0 Å². The van der Waals surface area contributed by atoms with Crippen molar-refractivity contribution in [3.05, 3.63) is 52.8 Å². The Labute approximate surface area is 151 Å². The summed E-state index contributed by atoms with van der Waals surface area (Å²) in [7, 11) is 0. The number of likely N-dealkylation sites (tertiary alicyclic amines) is 1. The predicted molar refractivity (Wildman–Crippen MR) is 94.1 cm³/mol. The van der Waals surface area contributed by atoms with Gasteiger partial charge in [-0.05, 0) is 36.6 Å². The van der Waals surface area contributed by atoms with Crippen LogP contribution in [-0.4, -0.2) is 35.5 Å². The smallest absolute Gasteiger partial charge is 0.227 e. The molecular formula is C19H19ClN2O3. The molecule has 6 heteroatoms. The zero-order valence-corrected chi connectivity index (χ0v) is 14.5. The minimum absolute atomic E-state index is 0.0460. The summed E-state index contributed by atoms with van der Waals surface area (Å²) in [6.07, 6.45) is 3.95. The summed E-state index contributed by atoms with van der Waals surface area (Å²) in [4.78, 5) is 19.2. The molecule has 0 bridgehead atoms. The fraction of sp³-hybridized carbons (Fsp3) is 0.368. The van der Waals surface area contributed by atoms with E-state index < -0.39 is 0 Å². The lowest BCUT2D eigenvalue weighted by molar-refractivity contribution is -0.131. The first kappa shape index (κ1) is 16.2. The van der Waals surface area contributed by atoms with Gasteiger partial charge in [-0.1, -0.05) is 17.7 Å². The number of halogens is 1. The molecule has 1 fully saturated rings. The standard InChI is InChI=1S/C19H19ClN2O3/c20-14-12-18-17(24-8-9-25-18)10-13(14)11-19(23)22-7-3-5-16(22)15-4-1-2-6-21-15/h1-2,4,6,10,12,16H,3,5,7-9,11H2/t16-/m0/s1. The molecule has 1 aromatic heterocycles. The molecule has 25 heavy (non-hydrogen) atoms. The highest BCUT2D eigenvalue weighted by atomic mass is 35.5. The van der Waals surface area contributed by atoms with Crippen LogP contribution in [0, 0.1) is 0 Å². The molecule has 130 valence electrons. The zero-order valence-electron chi connectivity index (χ0n) is 13.8. The quantitative estimate of drug-likeness (QED) is 0.843. The van der Waals surface area contributed by atoms with Crippen LogP contribution in [0.5, 0.6) is 11.5 Å². The lowest BCUT2D eigenvalue weighted by Crippen LogP contribution is -2.32. The van der Waals surface area contributed by atoms with Crippen LogP contribution in [0.15, 0.2) is 36.5 Å². The van der Waals surface area contributed by atoms with E-state index in [-0.39, 0.29) is 18.4 Å². The summed E-state index contributed by atoms with van der Waals surface area (Å²) in [6.45, 7) is 1.78. The lowest BCUT2D eigenvalue weighted by atomic mass is 10.1. The maximum Gasteiger partial charge on any atom is 0.227 e. The minimum Gasteiger partial charge on any atom is -0.486 e. The Balaban J connectivity index is 1.54. The second-order valence-electron chi connectivity index (χ2n) is 6.26. The topological polar surface area (TPSA) is 51.7 Å². The van der Waals surface area contributed by atoms with E-state index in [1.165, 1.54) is 0 Å². The SMILES string of the molecule is O=C(Cc1cc2c(cc1Cl)OCCO2)N1CCC[C@H]1c1ccccn1. The number of amides is 1. The van der Waals surface area contributed by atoms with E-state index in [9.17, 15) is 4.79 Å². The Hall–Kier alpha value is -2.27. The monoisotopic (exact) mass is 358 g/mol. The van der Waals surface area contributed by atoms with Crippen LogP contribution in [0.2, 0.25) is 5.02 Å². The molecule has 5 nitrogen and oxygen atoms in total. The van der Waals surface area contributed by atoms with Crippen LogP contribution >= 0.6 is 11.6 Å². The molecule has 3 heterocycles. The lowest BCUT2D eigenvalue weighted by Gasteiger charge is -2.25. The van der Waals surface area contributed by atoms with E-state index in [0.717, 1.165) is 30.6 Å². The van der Waals surface area contributed by atoms with Crippen molar-refractivity contribution in [3.8, 4) is 11.5 Å². The Morgan fingerprint density at radius 3 is 2.80 bits per heavy atom. The third-order valence-corrected chi connectivity index (χ3v) is 5.01. The number of ether oxygens (including phenoxy) is 2. The number of carbonyl (C=O) groups is 1. The third-order valence-electron chi connectivity index (χ3n) is 4.66. The molecule has 1 atom stereocenters. The second-order valence-corrected chi connectivity index (χ2v) is 6.67. The Morgan fingerprint density at radius 2 is 2.04 bits per heavy atom. The summed E-state index contributed by atoms with van der Waals surface area (Å²) in [6, 6.07) is 9.43. The first-order chi connectivity index (χ1) is 12.2. The van der Waals surface area contributed by atoms with Gasteiger partial charge in [0.1, 0.15) is 13.2 Å². The van der Waals surface area contributed by atoms with Gasteiger partial charge in [0.15, 0.2) is 11.5 Å². The highest BCUT2D eigenvalue weighted by molar-refractivity contribution is 6.31. The van der Waals surface area contributed by atoms with Gasteiger partial charge in [-0.15, -0.1) is 0 Å². The molecule has 0 spiro atoms. The van der Waals surface area contributed by atoms with Crippen molar-refractivity contribution in [2.75, 3.05) is 19.8 Å². The summed E-state index contributed by atoms with van der Waals surface area (Å²) in [5.74, 6) is 1.35. The number of benzene rings is 1. The van der Waals surface area contributed by atoms with E-state index >= 15 is 0 Å². The molecule has 0 radical (unpaired) electrons. The number of pyridine rings is 1. The molecule has 2 aliphatic heterocycles. The number of carbonyl (C=O) groups excluding carboxylic acids is 1. The Kier molecular flexibility index (Phi) is 4.49. The van der Waals surface area contributed by atoms with Crippen molar-refractivity contribution in [1.82, 2.24) is 9.88 Å². The number of hydrogen-bond acceptors (Lipinski definition) is 4. The molecule has 4 rings (SSSR count). The highest BCUT2D eigenvalue weighted by Crippen LogP contribution is 2.37. The normalized spacial score (nSPS) is 19.1. The number of nitrogens with zero attached hydrogens (tertiary/aromatic N) is 2. The number of rotatable bonds is 3. The van der Waals surface area contributed by atoms with E-state index in [1.54, 1.807) is 12.3 Å². The molecule has 1 amide bonds. The molecular weight excluding hydrogens is 340 g/mol. The molecule has 0 saturated carbocycles. The molecule has 0 unspecified atom stereocenters. The van der Waals surface area contributed by atoms with Gasteiger partial charge >= 0.3 is 0 Å². The van der Waals surface area contributed by atoms with Crippen molar-refractivity contribution in [3.63, 3.8) is 0 Å². The van der Waals surface area contributed by atoms with Gasteiger partial charge in [-0.25, -0.2) is 0 Å². The zero-order chi connectivity index (χ0) is 17.2. The van der Waals surface area contributed by atoms with Crippen LogP contribution in [0.4, 0.5) is 0 Å². The van der Waals surface area contributed by atoms with Gasteiger partial charge < -0.3 is 14.4 Å². The summed E-state index contributed by atoms with van der Waals surface area (Å²) in [5.41, 5.74) is 1.71. The van der Waals surface area contributed by atoms with Gasteiger partial charge in [0.05, 0.1) is 18.2 Å². The summed E-state index contributed by atoms with van der Waals surface area (Å²) >= 11 is 6.35. The third kappa shape index (κ3) is 3.29. The van der Waals surface area contributed by atoms with Gasteiger partial charge in [0, 0.05) is 23.8 Å². The predicted octanol–water partition coefficient (Wildman–Crippen LogP) is 3.41.